The number of aromatic nitrogens is 2. The zero-order chi connectivity index (χ0) is 16.2. The highest BCUT2D eigenvalue weighted by Crippen LogP contribution is 2.20. The van der Waals surface area contributed by atoms with Crippen LogP contribution in [0.5, 0.6) is 0 Å². The molecule has 0 radical (unpaired) electrons. The van der Waals surface area contributed by atoms with Gasteiger partial charge < -0.3 is 4.90 Å². The van der Waals surface area contributed by atoms with Crippen molar-refractivity contribution in [2.45, 2.75) is 19.8 Å². The van der Waals surface area contributed by atoms with Gasteiger partial charge in [0.15, 0.2) is 5.82 Å². The predicted molar refractivity (Wildman–Crippen MR) is 90.2 cm³/mol. The molecule has 6 heteroatoms. The van der Waals surface area contributed by atoms with Crippen LogP contribution in [0.4, 0.5) is 11.5 Å². The summed E-state index contributed by atoms with van der Waals surface area (Å²) in [5, 5.41) is 10.8. The van der Waals surface area contributed by atoms with Gasteiger partial charge in [-0.3, -0.25) is 10.1 Å². The van der Waals surface area contributed by atoms with E-state index in [1.165, 1.54) is 25.0 Å². The molecule has 2 aromatic rings. The Bertz CT molecular complexity index is 752. The van der Waals surface area contributed by atoms with Crippen molar-refractivity contribution in [2.24, 2.45) is 0 Å². The van der Waals surface area contributed by atoms with Gasteiger partial charge in [0, 0.05) is 37.0 Å². The van der Waals surface area contributed by atoms with E-state index in [2.05, 4.69) is 14.9 Å². The maximum atomic E-state index is 10.8. The fourth-order valence-electron chi connectivity index (χ4n) is 2.67. The smallest absolute Gasteiger partial charge is 0.270 e. The number of aryl methyl sites for hydroxylation is 1. The average molecular weight is 310 g/mol. The molecule has 1 aromatic carbocycles. The lowest BCUT2D eigenvalue weighted by Crippen LogP contribution is -2.19. The number of rotatable bonds is 4. The monoisotopic (exact) mass is 310 g/mol. The molecule has 0 unspecified atom stereocenters. The van der Waals surface area contributed by atoms with Crippen LogP contribution in [0.25, 0.3) is 12.2 Å². The Morgan fingerprint density at radius 2 is 1.96 bits per heavy atom. The van der Waals surface area contributed by atoms with Gasteiger partial charge in [-0.15, -0.1) is 0 Å². The Labute approximate surface area is 134 Å². The van der Waals surface area contributed by atoms with Crippen LogP contribution >= 0.6 is 0 Å². The van der Waals surface area contributed by atoms with E-state index in [1.54, 1.807) is 18.2 Å². The molecule has 23 heavy (non-hydrogen) atoms. The highest BCUT2D eigenvalue weighted by atomic mass is 16.6. The van der Waals surface area contributed by atoms with Crippen LogP contribution in [0.3, 0.4) is 0 Å². The van der Waals surface area contributed by atoms with E-state index < -0.39 is 4.92 Å². The number of anilines is 1. The zero-order valence-corrected chi connectivity index (χ0v) is 13.0. The minimum atomic E-state index is -0.397. The second-order valence-corrected chi connectivity index (χ2v) is 5.61. The van der Waals surface area contributed by atoms with Gasteiger partial charge in [-0.25, -0.2) is 9.97 Å². The molecule has 3 rings (SSSR count). The summed E-state index contributed by atoms with van der Waals surface area (Å²) >= 11 is 0. The normalized spacial score (nSPS) is 14.6. The summed E-state index contributed by atoms with van der Waals surface area (Å²) < 4.78 is 0. The minimum absolute atomic E-state index is 0.0788. The summed E-state index contributed by atoms with van der Waals surface area (Å²) in [4.78, 5) is 21.7. The third kappa shape index (κ3) is 3.71. The number of nitro groups is 1. The molecule has 1 aliphatic heterocycles. The third-order valence-corrected chi connectivity index (χ3v) is 3.79. The van der Waals surface area contributed by atoms with Crippen LogP contribution in [0.1, 0.15) is 29.9 Å². The Kier molecular flexibility index (Phi) is 4.32. The Hall–Kier alpha value is -2.76. The fraction of sp³-hybridized carbons (Fsp3) is 0.294. The van der Waals surface area contributed by atoms with E-state index in [-0.39, 0.29) is 5.69 Å². The summed E-state index contributed by atoms with van der Waals surface area (Å²) in [6.45, 7) is 4.01. The molecule has 0 N–H and O–H groups in total. The summed E-state index contributed by atoms with van der Waals surface area (Å²) in [6, 6.07) is 8.50. The van der Waals surface area contributed by atoms with Gasteiger partial charge in [0.25, 0.3) is 5.69 Å². The second-order valence-electron chi connectivity index (χ2n) is 5.61. The predicted octanol–water partition coefficient (Wildman–Crippen LogP) is 3.46. The molecular formula is C17H18N4O2. The molecule has 118 valence electrons. The van der Waals surface area contributed by atoms with Crippen molar-refractivity contribution >= 4 is 23.7 Å². The number of hydrogen-bond donors (Lipinski definition) is 0. The molecule has 1 fully saturated rings. The number of non-ortho nitro benzene ring substituents is 1. The quantitative estimate of drug-likeness (QED) is 0.638. The van der Waals surface area contributed by atoms with Crippen molar-refractivity contribution in [2.75, 3.05) is 18.0 Å². The fourth-order valence-corrected chi connectivity index (χ4v) is 2.67. The summed E-state index contributed by atoms with van der Waals surface area (Å²) in [7, 11) is 0. The largest absolute Gasteiger partial charge is 0.356 e. The van der Waals surface area contributed by atoms with E-state index in [0.717, 1.165) is 30.2 Å². The molecule has 1 saturated heterocycles. The molecule has 1 aliphatic rings. The molecule has 6 nitrogen and oxygen atoms in total. The first-order valence-electron chi connectivity index (χ1n) is 7.65. The van der Waals surface area contributed by atoms with Crippen molar-refractivity contribution in [1.29, 1.82) is 0 Å². The van der Waals surface area contributed by atoms with Crippen molar-refractivity contribution in [3.63, 3.8) is 0 Å². The number of nitro benzene ring substituents is 1. The SMILES string of the molecule is Cc1cc(N2CCCC2)nc(C=Cc2cccc([N+](=O)[O-])c2)n1. The van der Waals surface area contributed by atoms with E-state index in [1.807, 2.05) is 19.1 Å². The second kappa shape index (κ2) is 6.56. The molecular weight excluding hydrogens is 292 g/mol. The number of nitrogens with zero attached hydrogens (tertiary/aromatic N) is 4. The lowest BCUT2D eigenvalue weighted by molar-refractivity contribution is -0.384. The molecule has 0 spiro atoms. The van der Waals surface area contributed by atoms with Crippen molar-refractivity contribution in [3.8, 4) is 0 Å². The molecule has 0 atom stereocenters. The van der Waals surface area contributed by atoms with Gasteiger partial charge >= 0.3 is 0 Å². The molecule has 0 aliphatic carbocycles. The van der Waals surface area contributed by atoms with Crippen molar-refractivity contribution in [3.05, 3.63) is 57.5 Å². The summed E-state index contributed by atoms with van der Waals surface area (Å²) in [5.41, 5.74) is 1.75. The molecule has 0 bridgehead atoms. The maximum Gasteiger partial charge on any atom is 0.270 e. The molecule has 2 heterocycles. The van der Waals surface area contributed by atoms with Gasteiger partial charge in [-0.1, -0.05) is 18.2 Å². The van der Waals surface area contributed by atoms with Gasteiger partial charge in [0.2, 0.25) is 0 Å². The Morgan fingerprint density at radius 1 is 1.17 bits per heavy atom. The van der Waals surface area contributed by atoms with E-state index in [0.29, 0.717) is 5.82 Å². The van der Waals surface area contributed by atoms with Crippen LogP contribution in [0.15, 0.2) is 30.3 Å². The number of benzene rings is 1. The summed E-state index contributed by atoms with van der Waals surface area (Å²) in [6.07, 6.45) is 5.99. The van der Waals surface area contributed by atoms with Gasteiger partial charge in [-0.2, -0.15) is 0 Å². The topological polar surface area (TPSA) is 72.2 Å². The van der Waals surface area contributed by atoms with Crippen LogP contribution in [0, 0.1) is 17.0 Å². The zero-order valence-electron chi connectivity index (χ0n) is 13.0. The van der Waals surface area contributed by atoms with Crippen LogP contribution < -0.4 is 4.90 Å². The molecule has 1 aromatic heterocycles. The maximum absolute atomic E-state index is 10.8. The van der Waals surface area contributed by atoms with Crippen molar-refractivity contribution in [1.82, 2.24) is 9.97 Å². The van der Waals surface area contributed by atoms with Crippen molar-refractivity contribution < 1.29 is 4.92 Å². The molecule has 0 amide bonds. The first-order valence-corrected chi connectivity index (χ1v) is 7.65. The third-order valence-electron chi connectivity index (χ3n) is 3.79. The Balaban J connectivity index is 1.84. The van der Waals surface area contributed by atoms with Gasteiger partial charge in [0.1, 0.15) is 5.82 Å². The first-order chi connectivity index (χ1) is 11.1. The van der Waals surface area contributed by atoms with Crippen LogP contribution in [-0.2, 0) is 0 Å². The van der Waals surface area contributed by atoms with Crippen LogP contribution in [-0.4, -0.2) is 28.0 Å². The van der Waals surface area contributed by atoms with E-state index in [4.69, 9.17) is 0 Å². The highest BCUT2D eigenvalue weighted by molar-refractivity contribution is 5.68. The van der Waals surface area contributed by atoms with Gasteiger partial charge in [-0.05, 0) is 31.4 Å². The minimum Gasteiger partial charge on any atom is -0.356 e. The van der Waals surface area contributed by atoms with E-state index in [9.17, 15) is 10.1 Å². The average Bonchev–Trinajstić information content (AvgIpc) is 3.07. The Morgan fingerprint density at radius 3 is 2.70 bits per heavy atom. The molecule has 0 saturated carbocycles. The lowest BCUT2D eigenvalue weighted by atomic mass is 10.2. The number of hydrogen-bond acceptors (Lipinski definition) is 5. The van der Waals surface area contributed by atoms with E-state index >= 15 is 0 Å². The lowest BCUT2D eigenvalue weighted by Gasteiger charge is -2.16. The first kappa shape index (κ1) is 15.1. The highest BCUT2D eigenvalue weighted by Gasteiger charge is 2.14. The summed E-state index contributed by atoms with van der Waals surface area (Å²) in [5.74, 6) is 1.58. The van der Waals surface area contributed by atoms with Crippen LogP contribution in [0.2, 0.25) is 0 Å². The standard InChI is InChI=1S/C17H18N4O2/c1-13-11-17(20-9-2-3-10-20)19-16(18-13)8-7-14-5-4-6-15(12-14)21(22)23/h4-8,11-12H,2-3,9-10H2,1H3. The van der Waals surface area contributed by atoms with Gasteiger partial charge in [0.05, 0.1) is 4.92 Å².